The Bertz CT molecular complexity index is 1200. The fourth-order valence-electron chi connectivity index (χ4n) is 3.24. The van der Waals surface area contributed by atoms with Gasteiger partial charge in [-0.2, -0.15) is 0 Å². The third kappa shape index (κ3) is 5.92. The highest BCUT2D eigenvalue weighted by atomic mass is 79.9. The van der Waals surface area contributed by atoms with Gasteiger partial charge in [0.05, 0.1) is 15.1 Å². The molecule has 33 heavy (non-hydrogen) atoms. The fraction of sp³-hybridized carbons (Fsp3) is 0.154. The Morgan fingerprint density at radius 1 is 1.09 bits per heavy atom. The predicted molar refractivity (Wildman–Crippen MR) is 136 cm³/mol. The summed E-state index contributed by atoms with van der Waals surface area (Å²) in [6.07, 6.45) is 2.72. The van der Waals surface area contributed by atoms with Crippen LogP contribution in [0.15, 0.2) is 87.2 Å². The molecule has 1 saturated heterocycles. The van der Waals surface area contributed by atoms with Crippen LogP contribution >= 0.6 is 27.7 Å². The molecular formula is C26H22BrFN2O2S. The van der Waals surface area contributed by atoms with Gasteiger partial charge in [-0.3, -0.25) is 9.69 Å². The van der Waals surface area contributed by atoms with Crippen molar-refractivity contribution in [1.82, 2.24) is 4.90 Å². The number of nitrogens with zero attached hydrogens (tertiary/aromatic N) is 2. The van der Waals surface area contributed by atoms with E-state index in [0.717, 1.165) is 27.7 Å². The molecular weight excluding hydrogens is 503 g/mol. The maximum atomic E-state index is 13.1. The van der Waals surface area contributed by atoms with E-state index in [-0.39, 0.29) is 11.7 Å². The fourth-order valence-corrected chi connectivity index (χ4v) is 4.78. The van der Waals surface area contributed by atoms with Gasteiger partial charge in [-0.1, -0.05) is 43.3 Å². The summed E-state index contributed by atoms with van der Waals surface area (Å²) in [6, 6.07) is 21.5. The zero-order chi connectivity index (χ0) is 23.2. The summed E-state index contributed by atoms with van der Waals surface area (Å²) in [5, 5.41) is 0.692. The lowest BCUT2D eigenvalue weighted by molar-refractivity contribution is -0.122. The molecule has 0 radical (unpaired) electrons. The molecule has 0 bridgehead atoms. The summed E-state index contributed by atoms with van der Waals surface area (Å²) >= 11 is 4.94. The van der Waals surface area contributed by atoms with Crippen LogP contribution in [0.3, 0.4) is 0 Å². The smallest absolute Gasteiger partial charge is 0.266 e. The van der Waals surface area contributed by atoms with Gasteiger partial charge in [0.2, 0.25) is 0 Å². The first-order valence-electron chi connectivity index (χ1n) is 10.6. The number of amides is 1. The van der Waals surface area contributed by atoms with Gasteiger partial charge in [-0.25, -0.2) is 9.38 Å². The summed E-state index contributed by atoms with van der Waals surface area (Å²) in [5.74, 6) is 0.362. The van der Waals surface area contributed by atoms with E-state index >= 15 is 0 Å². The standard InChI is InChI=1S/C26H22BrFN2O2S/c1-2-14-30-25(31)24(33-26(30)29-21-6-4-3-5-7-21)16-19-10-13-23(22(27)15-19)32-17-18-8-11-20(28)12-9-18/h3-13,15-16H,2,14,17H2,1H3/b24-16+,29-26?. The number of halogens is 2. The van der Waals surface area contributed by atoms with Crippen molar-refractivity contribution in [3.63, 3.8) is 0 Å². The van der Waals surface area contributed by atoms with Crippen molar-refractivity contribution in [2.45, 2.75) is 20.0 Å². The van der Waals surface area contributed by atoms with Crippen molar-refractivity contribution in [3.8, 4) is 5.75 Å². The summed E-state index contributed by atoms with van der Waals surface area (Å²) in [7, 11) is 0. The Kier molecular flexibility index (Phi) is 7.62. The maximum Gasteiger partial charge on any atom is 0.266 e. The van der Waals surface area contributed by atoms with Crippen molar-refractivity contribution >= 4 is 50.5 Å². The number of para-hydroxylation sites is 1. The van der Waals surface area contributed by atoms with Gasteiger partial charge in [-0.15, -0.1) is 0 Å². The number of thioether (sulfide) groups is 1. The first-order chi connectivity index (χ1) is 16.0. The summed E-state index contributed by atoms with van der Waals surface area (Å²) < 4.78 is 19.7. The number of hydrogen-bond acceptors (Lipinski definition) is 4. The molecule has 0 atom stereocenters. The van der Waals surface area contributed by atoms with Crippen LogP contribution in [-0.2, 0) is 11.4 Å². The van der Waals surface area contributed by atoms with E-state index < -0.39 is 0 Å². The molecule has 1 amide bonds. The molecule has 0 saturated carbocycles. The van der Waals surface area contributed by atoms with E-state index in [1.807, 2.05) is 61.5 Å². The molecule has 1 aliphatic heterocycles. The summed E-state index contributed by atoms with van der Waals surface area (Å²) in [6.45, 7) is 3.00. The highest BCUT2D eigenvalue weighted by molar-refractivity contribution is 9.10. The predicted octanol–water partition coefficient (Wildman–Crippen LogP) is 7.18. The minimum atomic E-state index is -0.272. The first-order valence-corrected chi connectivity index (χ1v) is 12.2. The monoisotopic (exact) mass is 524 g/mol. The van der Waals surface area contributed by atoms with Crippen molar-refractivity contribution < 1.29 is 13.9 Å². The summed E-state index contributed by atoms with van der Waals surface area (Å²) in [4.78, 5) is 20.1. The minimum Gasteiger partial charge on any atom is -0.488 e. The molecule has 3 aromatic carbocycles. The molecule has 1 fully saturated rings. The van der Waals surface area contributed by atoms with Gasteiger partial charge in [0, 0.05) is 6.54 Å². The molecule has 7 heteroatoms. The van der Waals surface area contributed by atoms with Crippen LogP contribution in [0.4, 0.5) is 10.1 Å². The van der Waals surface area contributed by atoms with Gasteiger partial charge in [0.15, 0.2) is 5.17 Å². The number of amidine groups is 1. The number of ether oxygens (including phenoxy) is 1. The van der Waals surface area contributed by atoms with Crippen LogP contribution in [0.5, 0.6) is 5.75 Å². The van der Waals surface area contributed by atoms with Gasteiger partial charge in [0.1, 0.15) is 18.2 Å². The maximum absolute atomic E-state index is 13.1. The SMILES string of the molecule is CCCN1C(=O)/C(=C\c2ccc(OCc3ccc(F)cc3)c(Br)c2)SC1=Nc1ccccc1. The molecule has 0 aliphatic carbocycles. The number of aliphatic imine (C=N–C) groups is 1. The highest BCUT2D eigenvalue weighted by Gasteiger charge is 2.32. The normalized spacial score (nSPS) is 16.1. The number of rotatable bonds is 7. The molecule has 4 nitrogen and oxygen atoms in total. The second kappa shape index (κ2) is 10.8. The minimum absolute atomic E-state index is 0.0377. The average molecular weight is 525 g/mol. The van der Waals surface area contributed by atoms with Crippen molar-refractivity contribution in [2.24, 2.45) is 4.99 Å². The third-order valence-corrected chi connectivity index (χ3v) is 6.50. The summed E-state index contributed by atoms with van der Waals surface area (Å²) in [5.41, 5.74) is 2.58. The van der Waals surface area contributed by atoms with Crippen molar-refractivity contribution in [3.05, 3.63) is 99.1 Å². The second-order valence-electron chi connectivity index (χ2n) is 7.40. The molecule has 0 spiro atoms. The molecule has 0 unspecified atom stereocenters. The Balaban J connectivity index is 1.51. The molecule has 0 N–H and O–H groups in total. The molecule has 4 rings (SSSR count). The molecule has 168 valence electrons. The Morgan fingerprint density at radius 3 is 2.55 bits per heavy atom. The van der Waals surface area contributed by atoms with Gasteiger partial charge < -0.3 is 4.74 Å². The van der Waals surface area contributed by atoms with E-state index in [0.29, 0.717) is 29.0 Å². The molecule has 0 aromatic heterocycles. The highest BCUT2D eigenvalue weighted by Crippen LogP contribution is 2.35. The zero-order valence-corrected chi connectivity index (χ0v) is 20.4. The van der Waals surface area contributed by atoms with E-state index in [2.05, 4.69) is 20.9 Å². The number of carbonyl (C=O) groups excluding carboxylic acids is 1. The quantitative estimate of drug-likeness (QED) is 0.307. The van der Waals surface area contributed by atoms with Crippen LogP contribution in [0.2, 0.25) is 0 Å². The van der Waals surface area contributed by atoms with Crippen molar-refractivity contribution in [1.29, 1.82) is 0 Å². The topological polar surface area (TPSA) is 41.9 Å². The van der Waals surface area contributed by atoms with E-state index in [9.17, 15) is 9.18 Å². The first kappa shape index (κ1) is 23.3. The van der Waals surface area contributed by atoms with E-state index in [1.165, 1.54) is 23.9 Å². The second-order valence-corrected chi connectivity index (χ2v) is 9.27. The lowest BCUT2D eigenvalue weighted by atomic mass is 10.2. The molecule has 1 heterocycles. The molecule has 1 aliphatic rings. The van der Waals surface area contributed by atoms with Crippen LogP contribution in [-0.4, -0.2) is 22.5 Å². The number of hydrogen-bond donors (Lipinski definition) is 0. The lowest BCUT2D eigenvalue weighted by Crippen LogP contribution is -2.29. The number of benzene rings is 3. The van der Waals surface area contributed by atoms with Gasteiger partial charge in [-0.05, 0) is 87.7 Å². The Hall–Kier alpha value is -2.90. The van der Waals surface area contributed by atoms with Crippen molar-refractivity contribution in [2.75, 3.05) is 6.54 Å². The van der Waals surface area contributed by atoms with Gasteiger partial charge in [0.25, 0.3) is 5.91 Å². The lowest BCUT2D eigenvalue weighted by Gasteiger charge is -2.13. The van der Waals surface area contributed by atoms with E-state index in [4.69, 9.17) is 4.74 Å². The number of carbonyl (C=O) groups is 1. The zero-order valence-electron chi connectivity index (χ0n) is 18.0. The van der Waals surface area contributed by atoms with E-state index in [1.54, 1.807) is 17.0 Å². The largest absolute Gasteiger partial charge is 0.488 e. The Morgan fingerprint density at radius 2 is 1.85 bits per heavy atom. The molecule has 3 aromatic rings. The average Bonchev–Trinajstić information content (AvgIpc) is 3.09. The van der Waals surface area contributed by atoms with Crippen LogP contribution in [0.25, 0.3) is 6.08 Å². The Labute approximate surface area is 205 Å². The van der Waals surface area contributed by atoms with Crippen LogP contribution in [0.1, 0.15) is 24.5 Å². The van der Waals surface area contributed by atoms with Crippen LogP contribution in [0, 0.1) is 5.82 Å². The van der Waals surface area contributed by atoms with Gasteiger partial charge >= 0.3 is 0 Å². The third-order valence-electron chi connectivity index (χ3n) is 4.88. The van der Waals surface area contributed by atoms with Crippen LogP contribution < -0.4 is 4.74 Å².